The first kappa shape index (κ1) is 18.0. The van der Waals surface area contributed by atoms with Crippen LogP contribution in [0, 0.1) is 20.8 Å². The molecule has 2 rings (SSSR count). The Balaban J connectivity index is 2.43. The molecule has 1 atom stereocenters. The Labute approximate surface area is 143 Å². The summed E-state index contributed by atoms with van der Waals surface area (Å²) in [5.74, 6) is 1.07. The molecule has 24 heavy (non-hydrogen) atoms. The lowest BCUT2D eigenvalue weighted by Crippen LogP contribution is -2.09. The Morgan fingerprint density at radius 1 is 1.17 bits per heavy atom. The van der Waals surface area contributed by atoms with Crippen molar-refractivity contribution in [3.63, 3.8) is 0 Å². The van der Waals surface area contributed by atoms with E-state index in [4.69, 9.17) is 0 Å². The second kappa shape index (κ2) is 7.45. The normalized spacial score (nSPS) is 12.4. The van der Waals surface area contributed by atoms with Gasteiger partial charge in [0, 0.05) is 42.3 Å². The van der Waals surface area contributed by atoms with Gasteiger partial charge in [-0.1, -0.05) is 0 Å². The van der Waals surface area contributed by atoms with Gasteiger partial charge in [-0.05, 0) is 39.0 Å². The molecule has 0 radical (unpaired) electrons. The van der Waals surface area contributed by atoms with Crippen molar-refractivity contribution in [3.05, 3.63) is 35.3 Å². The van der Waals surface area contributed by atoms with Gasteiger partial charge in [0.2, 0.25) is 0 Å². The summed E-state index contributed by atoms with van der Waals surface area (Å²) in [7, 11) is 3.73. The Bertz CT molecular complexity index is 807. The van der Waals surface area contributed by atoms with Crippen molar-refractivity contribution in [1.29, 1.82) is 0 Å². The zero-order chi connectivity index (χ0) is 17.9. The zero-order valence-corrected chi connectivity index (χ0v) is 15.0. The van der Waals surface area contributed by atoms with Crippen LogP contribution in [0.2, 0.25) is 0 Å². The van der Waals surface area contributed by atoms with E-state index in [2.05, 4.69) is 24.9 Å². The molecule has 0 amide bonds. The summed E-state index contributed by atoms with van der Waals surface area (Å²) in [6.07, 6.45) is 0. The van der Waals surface area contributed by atoms with Crippen LogP contribution in [0.1, 0.15) is 17.1 Å². The molecule has 0 bridgehead atoms. The maximum atomic E-state index is 11.0. The highest BCUT2D eigenvalue weighted by Gasteiger charge is 2.08. The standard InChI is InChI=1S/C15H20N6O2S/c1-9-10(2)16-11(3)17-15(9)19-18-13-7-6-12(21(4)5)8-14(13)20-24(22)23/h6-8,20H,1-5H3,(H,22,23)/p-1. The average Bonchev–Trinajstić information content (AvgIpc) is 2.49. The van der Waals surface area contributed by atoms with Crippen molar-refractivity contribution >= 4 is 34.1 Å². The van der Waals surface area contributed by atoms with Gasteiger partial charge in [-0.2, -0.15) is 0 Å². The Kier molecular flexibility index (Phi) is 5.58. The molecule has 8 nitrogen and oxygen atoms in total. The Morgan fingerprint density at radius 2 is 1.88 bits per heavy atom. The molecule has 1 heterocycles. The first-order valence-corrected chi connectivity index (χ1v) is 8.26. The van der Waals surface area contributed by atoms with E-state index >= 15 is 0 Å². The number of benzene rings is 1. The average molecular weight is 347 g/mol. The van der Waals surface area contributed by atoms with Gasteiger partial charge in [0.05, 0.1) is 5.69 Å². The zero-order valence-electron chi connectivity index (χ0n) is 14.2. The highest BCUT2D eigenvalue weighted by Crippen LogP contribution is 2.31. The lowest BCUT2D eigenvalue weighted by atomic mass is 10.2. The van der Waals surface area contributed by atoms with Crippen molar-refractivity contribution in [1.82, 2.24) is 9.97 Å². The van der Waals surface area contributed by atoms with E-state index in [1.807, 2.05) is 38.9 Å². The first-order chi connectivity index (χ1) is 11.3. The van der Waals surface area contributed by atoms with Gasteiger partial charge >= 0.3 is 0 Å². The van der Waals surface area contributed by atoms with E-state index in [-0.39, 0.29) is 0 Å². The van der Waals surface area contributed by atoms with Gasteiger partial charge in [-0.25, -0.2) is 9.97 Å². The largest absolute Gasteiger partial charge is 0.755 e. The fourth-order valence-corrected chi connectivity index (χ4v) is 2.35. The number of anilines is 2. The number of nitrogens with zero attached hydrogens (tertiary/aromatic N) is 5. The summed E-state index contributed by atoms with van der Waals surface area (Å²) in [5.41, 5.74) is 3.25. The minimum atomic E-state index is -2.45. The van der Waals surface area contributed by atoms with Crippen LogP contribution in [-0.4, -0.2) is 32.8 Å². The molecule has 0 saturated heterocycles. The summed E-state index contributed by atoms with van der Waals surface area (Å²) in [4.78, 5) is 10.4. The monoisotopic (exact) mass is 347 g/mol. The molecule has 1 unspecified atom stereocenters. The van der Waals surface area contributed by atoms with Crippen LogP contribution in [0.4, 0.5) is 22.9 Å². The van der Waals surface area contributed by atoms with Crippen LogP contribution in [0.25, 0.3) is 0 Å². The molecule has 0 aliphatic carbocycles. The van der Waals surface area contributed by atoms with Gasteiger partial charge in [0.25, 0.3) is 0 Å². The summed E-state index contributed by atoms with van der Waals surface area (Å²) in [5, 5.41) is 8.31. The number of nitrogens with one attached hydrogen (secondary N) is 1. The van der Waals surface area contributed by atoms with Crippen LogP contribution in [0.3, 0.4) is 0 Å². The molecular formula is C15H19N6O2S-. The Hall–Kier alpha value is -2.39. The second-order valence-corrected chi connectivity index (χ2v) is 6.11. The predicted molar refractivity (Wildman–Crippen MR) is 93.7 cm³/mol. The summed E-state index contributed by atoms with van der Waals surface area (Å²) in [6.45, 7) is 5.53. The quantitative estimate of drug-likeness (QED) is 0.661. The number of aryl methyl sites for hydroxylation is 2. The maximum absolute atomic E-state index is 11.0. The van der Waals surface area contributed by atoms with Crippen LogP contribution < -0.4 is 9.62 Å². The number of hydrogen-bond acceptors (Lipinski definition) is 7. The molecular weight excluding hydrogens is 328 g/mol. The van der Waals surface area contributed by atoms with E-state index in [1.165, 1.54) is 0 Å². The third-order valence-electron chi connectivity index (χ3n) is 3.42. The third-order valence-corrected chi connectivity index (χ3v) is 3.80. The van der Waals surface area contributed by atoms with Crippen molar-refractivity contribution < 1.29 is 8.76 Å². The molecule has 1 aromatic carbocycles. The molecule has 0 aliphatic heterocycles. The highest BCUT2D eigenvalue weighted by atomic mass is 32.2. The topological polar surface area (TPSA) is 106 Å². The molecule has 1 N–H and O–H groups in total. The van der Waals surface area contributed by atoms with Crippen molar-refractivity contribution in [2.75, 3.05) is 23.7 Å². The van der Waals surface area contributed by atoms with E-state index < -0.39 is 11.3 Å². The number of hydrogen-bond donors (Lipinski definition) is 1. The van der Waals surface area contributed by atoms with Crippen LogP contribution >= 0.6 is 0 Å². The number of azo groups is 1. The molecule has 0 saturated carbocycles. The molecule has 1 aromatic heterocycles. The molecule has 9 heteroatoms. The minimum Gasteiger partial charge on any atom is -0.755 e. The van der Waals surface area contributed by atoms with Crippen LogP contribution in [0.5, 0.6) is 0 Å². The molecule has 2 aromatic rings. The van der Waals surface area contributed by atoms with Crippen LogP contribution in [-0.2, 0) is 11.3 Å². The first-order valence-electron chi connectivity index (χ1n) is 7.19. The van der Waals surface area contributed by atoms with Gasteiger partial charge < -0.3 is 14.2 Å². The van der Waals surface area contributed by atoms with Crippen LogP contribution in [0.15, 0.2) is 28.4 Å². The van der Waals surface area contributed by atoms with Gasteiger partial charge in [-0.3, -0.25) is 4.21 Å². The smallest absolute Gasteiger partial charge is 0.180 e. The minimum absolute atomic E-state index is 0.346. The number of aromatic nitrogens is 2. The maximum Gasteiger partial charge on any atom is 0.180 e. The van der Waals surface area contributed by atoms with Crippen molar-refractivity contribution in [2.45, 2.75) is 20.8 Å². The fraction of sp³-hybridized carbons (Fsp3) is 0.333. The summed E-state index contributed by atoms with van der Waals surface area (Å²) in [6, 6.07) is 5.22. The fourth-order valence-electron chi connectivity index (χ4n) is 2.01. The predicted octanol–water partition coefficient (Wildman–Crippen LogP) is 3.09. The van der Waals surface area contributed by atoms with E-state index in [0.717, 1.165) is 16.9 Å². The van der Waals surface area contributed by atoms with E-state index in [1.54, 1.807) is 19.1 Å². The van der Waals surface area contributed by atoms with Gasteiger partial charge in [-0.15, -0.1) is 10.2 Å². The molecule has 0 fully saturated rings. The van der Waals surface area contributed by atoms with Gasteiger partial charge in [0.15, 0.2) is 5.82 Å². The lowest BCUT2D eigenvalue weighted by Gasteiger charge is -2.16. The highest BCUT2D eigenvalue weighted by molar-refractivity contribution is 7.80. The summed E-state index contributed by atoms with van der Waals surface area (Å²) >= 11 is -2.45. The van der Waals surface area contributed by atoms with Crippen molar-refractivity contribution in [3.8, 4) is 0 Å². The summed E-state index contributed by atoms with van der Waals surface area (Å²) < 4.78 is 24.4. The van der Waals surface area contributed by atoms with E-state index in [0.29, 0.717) is 23.0 Å². The molecule has 0 aliphatic rings. The molecule has 128 valence electrons. The second-order valence-electron chi connectivity index (χ2n) is 5.44. The Morgan fingerprint density at radius 3 is 2.50 bits per heavy atom. The van der Waals surface area contributed by atoms with E-state index in [9.17, 15) is 8.76 Å². The van der Waals surface area contributed by atoms with Crippen molar-refractivity contribution in [2.24, 2.45) is 10.2 Å². The molecule has 0 spiro atoms. The SMILES string of the molecule is Cc1nc(C)c(C)c(N=Nc2ccc(N(C)C)cc2NS(=O)[O-])n1. The van der Waals surface area contributed by atoms with Gasteiger partial charge in [0.1, 0.15) is 11.5 Å². The lowest BCUT2D eigenvalue weighted by molar-refractivity contribution is 0.542. The third kappa shape index (κ3) is 4.33. The number of rotatable bonds is 5.